The predicted molar refractivity (Wildman–Crippen MR) is 57.6 cm³/mol. The van der Waals surface area contributed by atoms with Gasteiger partial charge >= 0.3 is 6.03 Å². The number of hydrogen-bond acceptors (Lipinski definition) is 4. The Balaban J connectivity index is 2.62. The van der Waals surface area contributed by atoms with E-state index >= 15 is 0 Å². The van der Waals surface area contributed by atoms with Crippen LogP contribution in [0.4, 0.5) is 4.79 Å². The van der Waals surface area contributed by atoms with Gasteiger partial charge in [0.05, 0.1) is 12.1 Å². The summed E-state index contributed by atoms with van der Waals surface area (Å²) in [6.45, 7) is 2.36. The van der Waals surface area contributed by atoms with Crippen molar-refractivity contribution in [3.05, 3.63) is 0 Å². The average Bonchev–Trinajstić information content (AvgIpc) is 2.27. The summed E-state index contributed by atoms with van der Waals surface area (Å²) in [7, 11) is 0. The molecule has 1 heterocycles. The van der Waals surface area contributed by atoms with Gasteiger partial charge in [-0.3, -0.25) is 15.0 Å². The number of urea groups is 1. The zero-order valence-electron chi connectivity index (χ0n) is 9.31. The van der Waals surface area contributed by atoms with E-state index in [4.69, 9.17) is 5.73 Å². The van der Waals surface area contributed by atoms with Crippen LogP contribution in [0, 0.1) is 0 Å². The third kappa shape index (κ3) is 3.03. The number of likely N-dealkylation sites (tertiary alicyclic amines) is 1. The molecule has 1 saturated heterocycles. The van der Waals surface area contributed by atoms with Crippen LogP contribution < -0.4 is 11.1 Å². The maximum atomic E-state index is 11.5. The van der Waals surface area contributed by atoms with Gasteiger partial charge in [-0.1, -0.05) is 6.42 Å². The minimum atomic E-state index is -0.864. The summed E-state index contributed by atoms with van der Waals surface area (Å²) in [5.41, 5.74) is 4.87. The Hall–Kier alpha value is -1.43. The van der Waals surface area contributed by atoms with Crippen LogP contribution in [-0.2, 0) is 9.59 Å². The molecule has 16 heavy (non-hydrogen) atoms. The van der Waals surface area contributed by atoms with Crippen LogP contribution in [0.15, 0.2) is 0 Å². The highest BCUT2D eigenvalue weighted by Gasteiger charge is 2.30. The number of carbonyl (C=O) groups excluding carboxylic acids is 3. The first-order valence-electron chi connectivity index (χ1n) is 5.37. The molecule has 6 nitrogen and oxygen atoms in total. The van der Waals surface area contributed by atoms with E-state index in [2.05, 4.69) is 0 Å². The van der Waals surface area contributed by atoms with Crippen molar-refractivity contribution in [2.75, 3.05) is 6.54 Å². The molecule has 3 amide bonds. The van der Waals surface area contributed by atoms with Gasteiger partial charge in [0.1, 0.15) is 6.29 Å². The fourth-order valence-electron chi connectivity index (χ4n) is 1.98. The molecule has 1 aliphatic rings. The molecular formula is C10H17N3O3. The monoisotopic (exact) mass is 227 g/mol. The number of carbonyl (C=O) groups is 3. The molecule has 1 fully saturated rings. The van der Waals surface area contributed by atoms with Crippen LogP contribution in [-0.4, -0.2) is 41.8 Å². The van der Waals surface area contributed by atoms with Gasteiger partial charge in [0.15, 0.2) is 0 Å². The lowest BCUT2D eigenvalue weighted by Crippen LogP contribution is -2.53. The quantitative estimate of drug-likeness (QED) is 0.643. The first-order valence-corrected chi connectivity index (χ1v) is 5.37. The SMILES string of the molecule is CC(C(=O)NC(N)=O)N1CCCCC1C=O. The molecule has 0 radical (unpaired) electrons. The summed E-state index contributed by atoms with van der Waals surface area (Å²) >= 11 is 0. The second kappa shape index (κ2) is 5.60. The molecule has 3 N–H and O–H groups in total. The molecule has 0 aromatic rings. The molecule has 0 aliphatic carbocycles. The summed E-state index contributed by atoms with van der Waals surface area (Å²) < 4.78 is 0. The van der Waals surface area contributed by atoms with Crippen LogP contribution in [0.3, 0.4) is 0 Å². The summed E-state index contributed by atoms with van der Waals surface area (Å²) in [6.07, 6.45) is 3.56. The number of piperidine rings is 1. The van der Waals surface area contributed by atoms with Crippen molar-refractivity contribution in [3.63, 3.8) is 0 Å². The summed E-state index contributed by atoms with van der Waals surface area (Å²) in [4.78, 5) is 34.7. The Bertz CT molecular complexity index is 293. The van der Waals surface area contributed by atoms with E-state index in [-0.39, 0.29) is 6.04 Å². The van der Waals surface area contributed by atoms with E-state index in [9.17, 15) is 14.4 Å². The van der Waals surface area contributed by atoms with Crippen LogP contribution in [0.25, 0.3) is 0 Å². The van der Waals surface area contributed by atoms with Crippen molar-refractivity contribution >= 4 is 18.2 Å². The molecule has 0 aromatic carbocycles. The largest absolute Gasteiger partial charge is 0.351 e. The maximum Gasteiger partial charge on any atom is 0.318 e. The standard InChI is InChI=1S/C10H17N3O3/c1-7(9(15)12-10(11)16)13-5-3-2-4-8(13)6-14/h6-8H,2-5H2,1H3,(H3,11,12,15,16). The Labute approximate surface area is 94.2 Å². The molecule has 1 aliphatic heterocycles. The average molecular weight is 227 g/mol. The van der Waals surface area contributed by atoms with Crippen LogP contribution in [0.5, 0.6) is 0 Å². The van der Waals surface area contributed by atoms with Crippen molar-refractivity contribution in [3.8, 4) is 0 Å². The Morgan fingerprint density at radius 1 is 1.50 bits per heavy atom. The molecule has 0 bridgehead atoms. The van der Waals surface area contributed by atoms with Crippen molar-refractivity contribution in [2.24, 2.45) is 5.73 Å². The van der Waals surface area contributed by atoms with Crippen LogP contribution >= 0.6 is 0 Å². The lowest BCUT2D eigenvalue weighted by Gasteiger charge is -2.35. The van der Waals surface area contributed by atoms with Gasteiger partial charge in [0.2, 0.25) is 5.91 Å². The molecule has 0 saturated carbocycles. The topological polar surface area (TPSA) is 92.5 Å². The number of nitrogens with one attached hydrogen (secondary N) is 1. The number of nitrogens with two attached hydrogens (primary N) is 1. The normalized spacial score (nSPS) is 23.4. The minimum Gasteiger partial charge on any atom is -0.351 e. The zero-order chi connectivity index (χ0) is 12.1. The molecule has 0 aromatic heterocycles. The van der Waals surface area contributed by atoms with Gasteiger partial charge < -0.3 is 10.5 Å². The van der Waals surface area contributed by atoms with E-state index in [0.717, 1.165) is 25.5 Å². The lowest BCUT2D eigenvalue weighted by molar-refractivity contribution is -0.127. The number of primary amides is 1. The molecule has 90 valence electrons. The number of rotatable bonds is 3. The fraction of sp³-hybridized carbons (Fsp3) is 0.700. The Morgan fingerprint density at radius 2 is 2.19 bits per heavy atom. The van der Waals surface area contributed by atoms with E-state index in [0.29, 0.717) is 6.54 Å². The number of imide groups is 1. The van der Waals surface area contributed by atoms with Crippen molar-refractivity contribution in [2.45, 2.75) is 38.3 Å². The highest BCUT2D eigenvalue weighted by Crippen LogP contribution is 2.18. The first kappa shape index (κ1) is 12.6. The molecule has 6 heteroatoms. The van der Waals surface area contributed by atoms with Crippen molar-refractivity contribution in [1.82, 2.24) is 10.2 Å². The number of hydrogen-bond donors (Lipinski definition) is 2. The van der Waals surface area contributed by atoms with E-state index in [1.807, 2.05) is 5.32 Å². The zero-order valence-corrected chi connectivity index (χ0v) is 9.31. The second-order valence-electron chi connectivity index (χ2n) is 3.97. The highest BCUT2D eigenvalue weighted by molar-refractivity contribution is 5.96. The van der Waals surface area contributed by atoms with Gasteiger partial charge in [-0.05, 0) is 26.3 Å². The van der Waals surface area contributed by atoms with Gasteiger partial charge in [0, 0.05) is 0 Å². The molecule has 2 atom stereocenters. The number of nitrogens with zero attached hydrogens (tertiary/aromatic N) is 1. The van der Waals surface area contributed by atoms with E-state index in [1.165, 1.54) is 0 Å². The Kier molecular flexibility index (Phi) is 4.42. The van der Waals surface area contributed by atoms with E-state index < -0.39 is 18.0 Å². The summed E-state index contributed by atoms with van der Waals surface area (Å²) in [5.74, 6) is -0.457. The van der Waals surface area contributed by atoms with Crippen molar-refractivity contribution < 1.29 is 14.4 Å². The van der Waals surface area contributed by atoms with Crippen LogP contribution in [0.2, 0.25) is 0 Å². The molecule has 0 spiro atoms. The lowest BCUT2D eigenvalue weighted by atomic mass is 10.0. The van der Waals surface area contributed by atoms with Gasteiger partial charge in [0.25, 0.3) is 0 Å². The fourth-order valence-corrected chi connectivity index (χ4v) is 1.98. The Morgan fingerprint density at radius 3 is 2.75 bits per heavy atom. The third-order valence-corrected chi connectivity index (χ3v) is 2.87. The first-order chi connectivity index (χ1) is 7.56. The second-order valence-corrected chi connectivity index (χ2v) is 3.97. The smallest absolute Gasteiger partial charge is 0.318 e. The number of aldehydes is 1. The van der Waals surface area contributed by atoms with Crippen molar-refractivity contribution in [1.29, 1.82) is 0 Å². The van der Waals surface area contributed by atoms with Crippen LogP contribution in [0.1, 0.15) is 26.2 Å². The maximum absolute atomic E-state index is 11.5. The third-order valence-electron chi connectivity index (χ3n) is 2.87. The minimum absolute atomic E-state index is 0.234. The molecular weight excluding hydrogens is 210 g/mol. The van der Waals surface area contributed by atoms with E-state index in [1.54, 1.807) is 11.8 Å². The molecule has 1 rings (SSSR count). The van der Waals surface area contributed by atoms with Gasteiger partial charge in [-0.25, -0.2) is 4.79 Å². The van der Waals surface area contributed by atoms with Gasteiger partial charge in [-0.2, -0.15) is 0 Å². The predicted octanol–water partition coefficient (Wildman–Crippen LogP) is -0.377. The highest BCUT2D eigenvalue weighted by atomic mass is 16.2. The summed E-state index contributed by atoms with van der Waals surface area (Å²) in [6, 6.07) is -1.61. The number of amides is 3. The molecule has 2 unspecified atom stereocenters. The summed E-state index contributed by atoms with van der Waals surface area (Å²) in [5, 5.41) is 2.03. The van der Waals surface area contributed by atoms with Gasteiger partial charge in [-0.15, -0.1) is 0 Å².